The van der Waals surface area contributed by atoms with Crippen LogP contribution in [0.3, 0.4) is 0 Å². The molecular formula is C12H11NO4. The fourth-order valence-electron chi connectivity index (χ4n) is 1.85. The van der Waals surface area contributed by atoms with E-state index in [1.54, 1.807) is 12.1 Å². The van der Waals surface area contributed by atoms with Crippen molar-refractivity contribution in [2.45, 2.75) is 12.5 Å². The molecule has 5 heteroatoms. The minimum Gasteiger partial charge on any atom is -0.497 e. The van der Waals surface area contributed by atoms with Crippen LogP contribution in [0.25, 0.3) is 0 Å². The molecule has 0 saturated carbocycles. The second-order valence-corrected chi connectivity index (χ2v) is 3.55. The second kappa shape index (κ2) is 4.34. The van der Waals surface area contributed by atoms with Gasteiger partial charge in [0.15, 0.2) is 0 Å². The third kappa shape index (κ3) is 1.78. The molecule has 1 atom stereocenters. The summed E-state index contributed by atoms with van der Waals surface area (Å²) < 4.78 is 15.4. The van der Waals surface area contributed by atoms with Crippen molar-refractivity contribution in [1.82, 2.24) is 0 Å². The first-order valence-corrected chi connectivity index (χ1v) is 5.05. The Morgan fingerprint density at radius 1 is 1.41 bits per heavy atom. The number of hydrogen-bond acceptors (Lipinski definition) is 5. The molecule has 2 rings (SSSR count). The van der Waals surface area contributed by atoms with Crippen LogP contribution in [0.2, 0.25) is 0 Å². The first-order chi connectivity index (χ1) is 8.21. The third-order valence-electron chi connectivity index (χ3n) is 2.64. The number of carbonyl (C=O) groups is 1. The Morgan fingerprint density at radius 3 is 2.76 bits per heavy atom. The van der Waals surface area contributed by atoms with E-state index in [1.165, 1.54) is 14.2 Å². The van der Waals surface area contributed by atoms with Crippen molar-refractivity contribution in [1.29, 1.82) is 5.26 Å². The fraction of sp³-hybridized carbons (Fsp3) is 0.333. The zero-order valence-electron chi connectivity index (χ0n) is 9.52. The summed E-state index contributed by atoms with van der Waals surface area (Å²) >= 11 is 0. The van der Waals surface area contributed by atoms with Crippen LogP contribution in [0.5, 0.6) is 11.5 Å². The number of esters is 1. The zero-order valence-corrected chi connectivity index (χ0v) is 9.52. The summed E-state index contributed by atoms with van der Waals surface area (Å²) in [4.78, 5) is 11.7. The number of cyclic esters (lactones) is 1. The molecule has 0 aliphatic carbocycles. The molecule has 1 aromatic rings. The molecule has 0 saturated heterocycles. The zero-order chi connectivity index (χ0) is 12.4. The predicted octanol–water partition coefficient (Wildman–Crippen LogP) is 1.83. The van der Waals surface area contributed by atoms with Gasteiger partial charge in [-0.15, -0.1) is 0 Å². The van der Waals surface area contributed by atoms with Crippen LogP contribution in [-0.4, -0.2) is 20.2 Å². The third-order valence-corrected chi connectivity index (χ3v) is 2.64. The van der Waals surface area contributed by atoms with Crippen molar-refractivity contribution in [2.24, 2.45) is 0 Å². The number of hydrogen-bond donors (Lipinski definition) is 0. The lowest BCUT2D eigenvalue weighted by atomic mass is 10.0. The van der Waals surface area contributed by atoms with E-state index in [9.17, 15) is 4.79 Å². The van der Waals surface area contributed by atoms with E-state index in [0.717, 1.165) is 0 Å². The predicted molar refractivity (Wildman–Crippen MR) is 57.9 cm³/mol. The SMILES string of the molecule is COc1cc(OC)c2c(c1)C(CC#N)OC2=O. The van der Waals surface area contributed by atoms with Gasteiger partial charge in [0.25, 0.3) is 0 Å². The highest BCUT2D eigenvalue weighted by molar-refractivity contribution is 5.97. The van der Waals surface area contributed by atoms with Crippen molar-refractivity contribution in [3.05, 3.63) is 23.3 Å². The van der Waals surface area contributed by atoms with Crippen LogP contribution >= 0.6 is 0 Å². The summed E-state index contributed by atoms with van der Waals surface area (Å²) in [5, 5.41) is 8.69. The number of carbonyl (C=O) groups excluding carboxylic acids is 1. The number of fused-ring (bicyclic) bond motifs is 1. The molecular weight excluding hydrogens is 222 g/mol. The number of rotatable bonds is 3. The molecule has 0 radical (unpaired) electrons. The van der Waals surface area contributed by atoms with E-state index in [4.69, 9.17) is 19.5 Å². The minimum atomic E-state index is -0.536. The first kappa shape index (κ1) is 11.3. The lowest BCUT2D eigenvalue weighted by Crippen LogP contribution is -1.99. The van der Waals surface area contributed by atoms with Crippen molar-refractivity contribution in [3.8, 4) is 17.6 Å². The number of methoxy groups -OCH3 is 2. The summed E-state index contributed by atoms with van der Waals surface area (Å²) in [6.45, 7) is 0. The monoisotopic (exact) mass is 233 g/mol. The molecule has 1 unspecified atom stereocenters. The van der Waals surface area contributed by atoms with Gasteiger partial charge in [-0.05, 0) is 6.07 Å². The average molecular weight is 233 g/mol. The van der Waals surface area contributed by atoms with E-state index in [2.05, 4.69) is 0 Å². The maximum Gasteiger partial charge on any atom is 0.343 e. The number of nitrogens with zero attached hydrogens (tertiary/aromatic N) is 1. The Bertz CT molecular complexity index is 504. The lowest BCUT2D eigenvalue weighted by molar-refractivity contribution is 0.0393. The van der Waals surface area contributed by atoms with Gasteiger partial charge in [-0.3, -0.25) is 0 Å². The van der Waals surface area contributed by atoms with Gasteiger partial charge >= 0.3 is 5.97 Å². The van der Waals surface area contributed by atoms with E-state index in [1.807, 2.05) is 6.07 Å². The van der Waals surface area contributed by atoms with E-state index in [-0.39, 0.29) is 6.42 Å². The van der Waals surface area contributed by atoms with Gasteiger partial charge < -0.3 is 14.2 Å². The van der Waals surface area contributed by atoms with Crippen molar-refractivity contribution in [2.75, 3.05) is 14.2 Å². The molecule has 0 bridgehead atoms. The Hall–Kier alpha value is -2.22. The van der Waals surface area contributed by atoms with Gasteiger partial charge in [-0.2, -0.15) is 5.26 Å². The summed E-state index contributed by atoms with van der Waals surface area (Å²) in [5.41, 5.74) is 1.03. The maximum atomic E-state index is 11.7. The number of benzene rings is 1. The van der Waals surface area contributed by atoms with Crippen LogP contribution in [0.1, 0.15) is 28.4 Å². The molecule has 0 spiro atoms. The molecule has 1 heterocycles. The fourth-order valence-corrected chi connectivity index (χ4v) is 1.85. The molecule has 88 valence electrons. The van der Waals surface area contributed by atoms with Crippen LogP contribution in [-0.2, 0) is 4.74 Å². The average Bonchev–Trinajstić information content (AvgIpc) is 2.66. The molecule has 1 aliphatic rings. The summed E-state index contributed by atoms with van der Waals surface area (Å²) in [6.07, 6.45) is -0.416. The van der Waals surface area contributed by atoms with Crippen LogP contribution in [0.4, 0.5) is 0 Å². The highest BCUT2D eigenvalue weighted by Gasteiger charge is 2.34. The first-order valence-electron chi connectivity index (χ1n) is 5.05. The molecule has 1 aliphatic heterocycles. The van der Waals surface area contributed by atoms with Gasteiger partial charge in [-0.1, -0.05) is 0 Å². The molecule has 0 aromatic heterocycles. The topological polar surface area (TPSA) is 68.6 Å². The number of ether oxygens (including phenoxy) is 3. The molecule has 0 amide bonds. The van der Waals surface area contributed by atoms with Crippen molar-refractivity contribution >= 4 is 5.97 Å². The summed E-state index contributed by atoms with van der Waals surface area (Å²) in [6, 6.07) is 5.31. The molecule has 5 nitrogen and oxygen atoms in total. The quantitative estimate of drug-likeness (QED) is 0.745. The normalized spacial score (nSPS) is 17.0. The van der Waals surface area contributed by atoms with E-state index >= 15 is 0 Å². The van der Waals surface area contributed by atoms with Gasteiger partial charge in [0.1, 0.15) is 23.2 Å². The molecule has 0 fully saturated rings. The summed E-state index contributed by atoms with van der Waals surface area (Å²) in [5.74, 6) is 0.520. The lowest BCUT2D eigenvalue weighted by Gasteiger charge is -2.09. The second-order valence-electron chi connectivity index (χ2n) is 3.55. The number of nitriles is 1. The Morgan fingerprint density at radius 2 is 2.18 bits per heavy atom. The molecule has 0 N–H and O–H groups in total. The highest BCUT2D eigenvalue weighted by Crippen LogP contribution is 2.40. The Kier molecular flexibility index (Phi) is 2.88. The van der Waals surface area contributed by atoms with Crippen LogP contribution < -0.4 is 9.47 Å². The Labute approximate surface area is 98.5 Å². The minimum absolute atomic E-state index is 0.120. The van der Waals surface area contributed by atoms with Crippen LogP contribution in [0.15, 0.2) is 12.1 Å². The molecule has 17 heavy (non-hydrogen) atoms. The van der Waals surface area contributed by atoms with Crippen molar-refractivity contribution < 1.29 is 19.0 Å². The van der Waals surface area contributed by atoms with Gasteiger partial charge in [0.2, 0.25) is 0 Å². The van der Waals surface area contributed by atoms with E-state index < -0.39 is 12.1 Å². The van der Waals surface area contributed by atoms with Gasteiger partial charge in [0.05, 0.1) is 26.7 Å². The Balaban J connectivity index is 2.56. The standard InChI is InChI=1S/C12H11NO4/c1-15-7-5-8-9(3-4-13)17-12(14)11(8)10(6-7)16-2/h5-6,9H,3H2,1-2H3. The van der Waals surface area contributed by atoms with Crippen molar-refractivity contribution in [3.63, 3.8) is 0 Å². The smallest absolute Gasteiger partial charge is 0.343 e. The molecule has 1 aromatic carbocycles. The maximum absolute atomic E-state index is 11.7. The van der Waals surface area contributed by atoms with E-state index in [0.29, 0.717) is 22.6 Å². The van der Waals surface area contributed by atoms with Crippen LogP contribution in [0, 0.1) is 11.3 Å². The van der Waals surface area contributed by atoms with Gasteiger partial charge in [0, 0.05) is 11.6 Å². The largest absolute Gasteiger partial charge is 0.497 e. The highest BCUT2D eigenvalue weighted by atomic mass is 16.6. The summed E-state index contributed by atoms with van der Waals surface area (Å²) in [7, 11) is 3.00. The van der Waals surface area contributed by atoms with Gasteiger partial charge in [-0.25, -0.2) is 4.79 Å².